The third kappa shape index (κ3) is 11.8. The van der Waals surface area contributed by atoms with E-state index in [1.54, 1.807) is 0 Å². The summed E-state index contributed by atoms with van der Waals surface area (Å²) in [6.07, 6.45) is 6.10. The molecule has 0 spiro atoms. The van der Waals surface area contributed by atoms with Crippen LogP contribution in [0.15, 0.2) is 0 Å². The Balaban J connectivity index is 3.00. The van der Waals surface area contributed by atoms with Crippen LogP contribution >= 0.6 is 0 Å². The van der Waals surface area contributed by atoms with Crippen LogP contribution in [0.5, 0.6) is 0 Å². The van der Waals surface area contributed by atoms with Crippen molar-refractivity contribution in [2.75, 3.05) is 13.2 Å². The number of esters is 2. The van der Waals surface area contributed by atoms with Gasteiger partial charge in [0.05, 0.1) is 26.1 Å². The number of cyclic esters (lactones) is 2. The topological polar surface area (TPSA) is 151 Å². The minimum absolute atomic E-state index is 0.214. The van der Waals surface area contributed by atoms with Gasteiger partial charge in [0, 0.05) is 0 Å². The lowest BCUT2D eigenvalue weighted by molar-refractivity contribution is -0.160. The van der Waals surface area contributed by atoms with Crippen molar-refractivity contribution in [1.29, 1.82) is 0 Å². The van der Waals surface area contributed by atoms with E-state index in [9.17, 15) is 29.4 Å². The maximum atomic E-state index is 12.6. The van der Waals surface area contributed by atoms with Gasteiger partial charge in [-0.1, -0.05) is 52.4 Å². The number of aliphatic hydroxyl groups is 2. The van der Waals surface area contributed by atoms with Crippen LogP contribution in [0.2, 0.25) is 0 Å². The highest BCUT2D eigenvalue weighted by molar-refractivity contribution is 5.87. The first kappa shape index (κ1) is 29.8. The Kier molecular flexibility index (Phi) is 15.1. The molecule has 10 heteroatoms. The van der Waals surface area contributed by atoms with Gasteiger partial charge in [0.1, 0.15) is 12.2 Å². The van der Waals surface area contributed by atoms with Gasteiger partial charge in [0.2, 0.25) is 11.8 Å². The highest BCUT2D eigenvalue weighted by Gasteiger charge is 2.31. The van der Waals surface area contributed by atoms with Crippen LogP contribution in [0.25, 0.3) is 0 Å². The van der Waals surface area contributed by atoms with E-state index in [-0.39, 0.29) is 12.8 Å². The number of amides is 2. The third-order valence-electron chi connectivity index (χ3n) is 5.76. The molecule has 0 bridgehead atoms. The first-order valence-electron chi connectivity index (χ1n) is 12.6. The molecule has 1 aliphatic heterocycles. The number of nitrogens with one attached hydrogen (secondary N) is 2. The molecule has 2 amide bonds. The quantitative estimate of drug-likeness (QED) is 0.239. The molecule has 0 aliphatic carbocycles. The van der Waals surface area contributed by atoms with Gasteiger partial charge in [-0.15, -0.1) is 0 Å². The first-order valence-corrected chi connectivity index (χ1v) is 12.6. The van der Waals surface area contributed by atoms with Gasteiger partial charge in [-0.2, -0.15) is 0 Å². The van der Waals surface area contributed by atoms with E-state index in [0.29, 0.717) is 12.8 Å². The summed E-state index contributed by atoms with van der Waals surface area (Å²) >= 11 is 0. The molecule has 0 aromatic heterocycles. The Hall–Kier alpha value is -2.20. The summed E-state index contributed by atoms with van der Waals surface area (Å²) in [6.45, 7) is 2.81. The molecule has 0 radical (unpaired) electrons. The Morgan fingerprint density at radius 2 is 1.06 bits per heavy atom. The highest BCUT2D eigenvalue weighted by atomic mass is 16.6. The van der Waals surface area contributed by atoms with Crippen molar-refractivity contribution >= 4 is 23.8 Å². The molecule has 0 aromatic rings. The zero-order valence-electron chi connectivity index (χ0n) is 20.6. The lowest BCUT2D eigenvalue weighted by atomic mass is 10.1. The van der Waals surface area contributed by atoms with E-state index in [2.05, 4.69) is 24.5 Å². The second-order valence-corrected chi connectivity index (χ2v) is 8.83. The summed E-state index contributed by atoms with van der Waals surface area (Å²) in [5.74, 6) is -2.77. The summed E-state index contributed by atoms with van der Waals surface area (Å²) in [5.41, 5.74) is 0. The Labute approximate surface area is 202 Å². The zero-order chi connectivity index (χ0) is 25.3. The van der Waals surface area contributed by atoms with Crippen molar-refractivity contribution in [3.63, 3.8) is 0 Å². The second kappa shape index (κ2) is 17.3. The van der Waals surface area contributed by atoms with Crippen molar-refractivity contribution in [3.05, 3.63) is 0 Å². The predicted octanol–water partition coefficient (Wildman–Crippen LogP) is 1.50. The van der Waals surface area contributed by atoms with Crippen LogP contribution in [0.3, 0.4) is 0 Å². The van der Waals surface area contributed by atoms with Gasteiger partial charge in [-0.3, -0.25) is 9.59 Å². The summed E-state index contributed by atoms with van der Waals surface area (Å²) in [7, 11) is 0. The fraction of sp³-hybridized carbons (Fsp3) is 0.833. The average Bonchev–Trinajstić information content (AvgIpc) is 2.80. The molecule has 1 heterocycles. The summed E-state index contributed by atoms with van der Waals surface area (Å²) < 4.78 is 10.9. The van der Waals surface area contributed by atoms with Crippen molar-refractivity contribution in [2.45, 2.75) is 115 Å². The number of hydrogen-bond acceptors (Lipinski definition) is 8. The van der Waals surface area contributed by atoms with Crippen molar-refractivity contribution in [2.24, 2.45) is 0 Å². The minimum Gasteiger partial charge on any atom is -0.460 e. The fourth-order valence-corrected chi connectivity index (χ4v) is 3.77. The maximum Gasteiger partial charge on any atom is 0.331 e. The Morgan fingerprint density at radius 3 is 1.38 bits per heavy atom. The molecule has 1 saturated heterocycles. The number of ether oxygens (including phenoxy) is 2. The minimum atomic E-state index is -1.28. The highest BCUT2D eigenvalue weighted by Crippen LogP contribution is 2.16. The van der Waals surface area contributed by atoms with Crippen LogP contribution in [0, 0.1) is 0 Å². The molecule has 196 valence electrons. The molecule has 34 heavy (non-hydrogen) atoms. The smallest absolute Gasteiger partial charge is 0.331 e. The molecule has 0 aromatic carbocycles. The molecule has 1 rings (SSSR count). The fourth-order valence-electron chi connectivity index (χ4n) is 3.77. The number of carbonyl (C=O) groups excluding carboxylic acids is 4. The number of carbonyl (C=O) groups is 4. The number of hydrogen-bond donors (Lipinski definition) is 4. The number of rotatable bonds is 12. The summed E-state index contributed by atoms with van der Waals surface area (Å²) in [6, 6.07) is -2.56. The third-order valence-corrected chi connectivity index (χ3v) is 5.76. The molecular formula is C24H42N2O8. The van der Waals surface area contributed by atoms with Gasteiger partial charge in [0.25, 0.3) is 0 Å². The lowest BCUT2D eigenvalue weighted by Crippen LogP contribution is -2.49. The largest absolute Gasteiger partial charge is 0.460 e. The first-order chi connectivity index (χ1) is 16.3. The van der Waals surface area contributed by atoms with Crippen molar-refractivity contribution in [1.82, 2.24) is 10.6 Å². The van der Waals surface area contributed by atoms with E-state index in [1.807, 2.05) is 0 Å². The van der Waals surface area contributed by atoms with E-state index < -0.39 is 61.3 Å². The number of aliphatic hydroxyl groups excluding tert-OH is 2. The van der Waals surface area contributed by atoms with Gasteiger partial charge >= 0.3 is 11.9 Å². The maximum absolute atomic E-state index is 12.6. The van der Waals surface area contributed by atoms with E-state index >= 15 is 0 Å². The molecule has 1 aliphatic rings. The lowest BCUT2D eigenvalue weighted by Gasteiger charge is -2.25. The second-order valence-electron chi connectivity index (χ2n) is 8.83. The molecular weight excluding hydrogens is 444 g/mol. The van der Waals surface area contributed by atoms with Crippen LogP contribution in [-0.2, 0) is 28.7 Å². The van der Waals surface area contributed by atoms with Crippen LogP contribution in [0.1, 0.15) is 90.9 Å². The predicted molar refractivity (Wildman–Crippen MR) is 125 cm³/mol. The molecule has 10 nitrogen and oxygen atoms in total. The SMILES string of the molecule is CCCCCCC1CC(=O)N[C@@H](CO)C(=O)OC(CCCCCC)CC(=O)N[C@@H](CO)C(=O)O1. The van der Waals surface area contributed by atoms with Gasteiger partial charge < -0.3 is 30.3 Å². The van der Waals surface area contributed by atoms with Gasteiger partial charge in [-0.05, 0) is 25.7 Å². The Bertz CT molecular complexity index is 588. The normalized spacial score (nSPS) is 25.1. The van der Waals surface area contributed by atoms with Crippen molar-refractivity contribution in [3.8, 4) is 0 Å². The van der Waals surface area contributed by atoms with E-state index in [4.69, 9.17) is 9.47 Å². The van der Waals surface area contributed by atoms with E-state index in [1.165, 1.54) is 0 Å². The molecule has 4 atom stereocenters. The summed E-state index contributed by atoms with van der Waals surface area (Å²) in [5, 5.41) is 24.2. The van der Waals surface area contributed by atoms with Crippen LogP contribution in [0.4, 0.5) is 0 Å². The van der Waals surface area contributed by atoms with Crippen molar-refractivity contribution < 1.29 is 38.9 Å². The summed E-state index contributed by atoms with van der Waals surface area (Å²) in [4.78, 5) is 50.3. The van der Waals surface area contributed by atoms with E-state index in [0.717, 1.165) is 51.4 Å². The molecule has 0 saturated carbocycles. The molecule has 1 fully saturated rings. The van der Waals surface area contributed by atoms with Crippen LogP contribution < -0.4 is 10.6 Å². The molecule has 4 N–H and O–H groups in total. The van der Waals surface area contributed by atoms with Gasteiger partial charge in [0.15, 0.2) is 12.1 Å². The standard InChI is InChI=1S/C24H42N2O8/c1-3-5-7-9-11-17-13-21(29)25-20(16-28)24(32)34-18(12-10-8-6-4-2)14-22(30)26-19(15-27)23(31)33-17/h17-20,27-28H,3-16H2,1-2H3,(H,25,29)(H,26,30)/t17?,18?,19-,20-/m0/s1. The monoisotopic (exact) mass is 486 g/mol. The number of unbranched alkanes of at least 4 members (excludes halogenated alkanes) is 6. The average molecular weight is 487 g/mol. The molecule has 2 unspecified atom stereocenters. The van der Waals surface area contributed by atoms with Gasteiger partial charge in [-0.25, -0.2) is 9.59 Å². The Morgan fingerprint density at radius 1 is 0.676 bits per heavy atom. The van der Waals surface area contributed by atoms with Crippen LogP contribution in [-0.4, -0.2) is 71.5 Å². The zero-order valence-corrected chi connectivity index (χ0v) is 20.6.